The second kappa shape index (κ2) is 7.29. The van der Waals surface area contributed by atoms with Crippen molar-refractivity contribution in [3.05, 3.63) is 44.0 Å². The zero-order valence-electron chi connectivity index (χ0n) is 11.1. The third kappa shape index (κ3) is 4.21. The predicted octanol–water partition coefficient (Wildman–Crippen LogP) is 1.80. The Hall–Kier alpha value is -2.55. The van der Waals surface area contributed by atoms with Crippen molar-refractivity contribution < 1.29 is 19.7 Å². The number of rotatable bonds is 8. The molecule has 1 aromatic carbocycles. The maximum atomic E-state index is 11.3. The molecule has 0 fully saturated rings. The van der Waals surface area contributed by atoms with Crippen LogP contribution in [0.25, 0.3) is 0 Å². The molecule has 1 rings (SSSR count). The van der Waals surface area contributed by atoms with Gasteiger partial charge in [0.25, 0.3) is 11.4 Å². The number of aliphatic carboxylic acids is 1. The first kappa shape index (κ1) is 16.5. The molecule has 3 N–H and O–H groups in total. The Kier molecular flexibility index (Phi) is 5.73. The number of non-ortho nitro benzene ring substituents is 1. The first-order valence-electron chi connectivity index (χ1n) is 6.24. The quantitative estimate of drug-likeness (QED) is 0.422. The van der Waals surface area contributed by atoms with Crippen molar-refractivity contribution >= 4 is 17.3 Å². The van der Waals surface area contributed by atoms with Crippen LogP contribution in [-0.2, 0) is 4.79 Å². The van der Waals surface area contributed by atoms with Gasteiger partial charge in [-0.05, 0) is 25.5 Å². The van der Waals surface area contributed by atoms with Gasteiger partial charge in [-0.15, -0.1) is 0 Å². The van der Waals surface area contributed by atoms with Crippen molar-refractivity contribution in [1.82, 2.24) is 0 Å². The zero-order chi connectivity index (χ0) is 16.0. The van der Waals surface area contributed by atoms with Gasteiger partial charge in [0, 0.05) is 11.6 Å². The van der Waals surface area contributed by atoms with E-state index < -0.39 is 33.1 Å². The van der Waals surface area contributed by atoms with Gasteiger partial charge in [-0.2, -0.15) is 0 Å². The lowest BCUT2D eigenvalue weighted by Gasteiger charge is -2.12. The molecule has 0 spiro atoms. The van der Waals surface area contributed by atoms with Gasteiger partial charge in [0.1, 0.15) is 0 Å². The number of hydrogen-bond donors (Lipinski definition) is 2. The van der Waals surface area contributed by atoms with Crippen LogP contribution >= 0.6 is 0 Å². The Morgan fingerprint density at radius 2 is 1.90 bits per heavy atom. The zero-order valence-corrected chi connectivity index (χ0v) is 11.1. The first-order valence-corrected chi connectivity index (χ1v) is 6.24. The van der Waals surface area contributed by atoms with Crippen LogP contribution in [-0.4, -0.2) is 27.5 Å². The number of benzene rings is 1. The minimum atomic E-state index is -1.20. The van der Waals surface area contributed by atoms with Gasteiger partial charge in [0.15, 0.2) is 0 Å². The van der Waals surface area contributed by atoms with E-state index in [-0.39, 0.29) is 12.0 Å². The Morgan fingerprint density at radius 1 is 1.24 bits per heavy atom. The number of carboxylic acids is 1. The molecule has 0 bridgehead atoms. The lowest BCUT2D eigenvalue weighted by atomic mass is 9.92. The predicted molar refractivity (Wildman–Crippen MR) is 73.0 cm³/mol. The summed E-state index contributed by atoms with van der Waals surface area (Å²) < 4.78 is 0. The summed E-state index contributed by atoms with van der Waals surface area (Å²) in [5.74, 6) is -2.29. The molecule has 0 aliphatic rings. The molecule has 9 nitrogen and oxygen atoms in total. The largest absolute Gasteiger partial charge is 0.481 e. The van der Waals surface area contributed by atoms with Crippen LogP contribution in [0.2, 0.25) is 0 Å². The van der Waals surface area contributed by atoms with Gasteiger partial charge in [0.2, 0.25) is 0 Å². The second-order valence-electron chi connectivity index (χ2n) is 4.43. The number of nitro groups is 2. The summed E-state index contributed by atoms with van der Waals surface area (Å²) >= 11 is 0. The fraction of sp³-hybridized carbons (Fsp3) is 0.417. The molecule has 0 saturated heterocycles. The Bertz CT molecular complexity index is 560. The highest BCUT2D eigenvalue weighted by molar-refractivity contribution is 5.78. The van der Waals surface area contributed by atoms with Crippen molar-refractivity contribution in [1.29, 1.82) is 0 Å². The molecule has 0 radical (unpaired) electrons. The van der Waals surface area contributed by atoms with Gasteiger partial charge >= 0.3 is 5.97 Å². The molecule has 0 amide bonds. The molecular formula is C12H15N3O6. The number of hydrogen-bond acceptors (Lipinski definition) is 6. The Balaban J connectivity index is 3.20. The summed E-state index contributed by atoms with van der Waals surface area (Å²) in [6.45, 7) is 0.398. The third-order valence-corrected chi connectivity index (χ3v) is 3.04. The SMILES string of the molecule is NCCCCC(C(=O)O)c1ccc([N+](=O)[O-])cc1[N+](=O)[O-]. The maximum absolute atomic E-state index is 11.3. The van der Waals surface area contributed by atoms with E-state index in [1.807, 2.05) is 0 Å². The fourth-order valence-corrected chi connectivity index (χ4v) is 2.00. The van der Waals surface area contributed by atoms with Crippen LogP contribution in [0.4, 0.5) is 11.4 Å². The molecular weight excluding hydrogens is 282 g/mol. The van der Waals surface area contributed by atoms with Crippen LogP contribution in [0.15, 0.2) is 18.2 Å². The summed E-state index contributed by atoms with van der Waals surface area (Å²) in [5, 5.41) is 30.9. The average molecular weight is 297 g/mol. The van der Waals surface area contributed by atoms with Crippen molar-refractivity contribution in [3.8, 4) is 0 Å². The normalized spacial score (nSPS) is 11.9. The molecule has 0 heterocycles. The Labute approximate surface area is 119 Å². The number of nitrogens with two attached hydrogens (primary N) is 1. The first-order chi connectivity index (χ1) is 9.88. The number of unbranched alkanes of at least 4 members (excludes halogenated alkanes) is 1. The van der Waals surface area contributed by atoms with E-state index in [1.54, 1.807) is 0 Å². The average Bonchev–Trinajstić information content (AvgIpc) is 2.42. The second-order valence-corrected chi connectivity index (χ2v) is 4.43. The van der Waals surface area contributed by atoms with Gasteiger partial charge in [-0.25, -0.2) is 0 Å². The van der Waals surface area contributed by atoms with E-state index in [4.69, 9.17) is 5.73 Å². The monoisotopic (exact) mass is 297 g/mol. The van der Waals surface area contributed by atoms with E-state index in [9.17, 15) is 30.1 Å². The van der Waals surface area contributed by atoms with Gasteiger partial charge in [-0.3, -0.25) is 25.0 Å². The molecule has 1 atom stereocenters. The highest BCUT2D eigenvalue weighted by atomic mass is 16.6. The fourth-order valence-electron chi connectivity index (χ4n) is 2.00. The van der Waals surface area contributed by atoms with Crippen LogP contribution in [0.1, 0.15) is 30.7 Å². The van der Waals surface area contributed by atoms with Crippen LogP contribution in [0.5, 0.6) is 0 Å². The molecule has 0 aliphatic heterocycles. The molecule has 9 heteroatoms. The molecule has 21 heavy (non-hydrogen) atoms. The van der Waals surface area contributed by atoms with E-state index in [2.05, 4.69) is 0 Å². The number of nitro benzene ring substituents is 2. The molecule has 1 unspecified atom stereocenters. The maximum Gasteiger partial charge on any atom is 0.311 e. The van der Waals surface area contributed by atoms with Crippen molar-refractivity contribution in [2.75, 3.05) is 6.54 Å². The van der Waals surface area contributed by atoms with E-state index in [0.29, 0.717) is 19.4 Å². The van der Waals surface area contributed by atoms with E-state index in [1.165, 1.54) is 0 Å². The van der Waals surface area contributed by atoms with Crippen molar-refractivity contribution in [2.45, 2.75) is 25.2 Å². The lowest BCUT2D eigenvalue weighted by Crippen LogP contribution is -2.14. The standard InChI is InChI=1S/C12H15N3O6/c13-6-2-1-3-10(12(16)17)9-5-4-8(14(18)19)7-11(9)15(20)21/h4-5,7,10H,1-3,6,13H2,(H,16,17). The topological polar surface area (TPSA) is 150 Å². The molecule has 0 saturated carbocycles. The summed E-state index contributed by atoms with van der Waals surface area (Å²) in [4.78, 5) is 31.4. The van der Waals surface area contributed by atoms with Crippen molar-refractivity contribution in [3.63, 3.8) is 0 Å². The van der Waals surface area contributed by atoms with Gasteiger partial charge in [-0.1, -0.05) is 6.42 Å². The lowest BCUT2D eigenvalue weighted by molar-refractivity contribution is -0.394. The highest BCUT2D eigenvalue weighted by Crippen LogP contribution is 2.33. The molecule has 0 aliphatic carbocycles. The summed E-state index contributed by atoms with van der Waals surface area (Å²) in [7, 11) is 0. The molecule has 114 valence electrons. The molecule has 1 aromatic rings. The van der Waals surface area contributed by atoms with Gasteiger partial charge < -0.3 is 10.8 Å². The number of carbonyl (C=O) groups is 1. The highest BCUT2D eigenvalue weighted by Gasteiger charge is 2.29. The minimum absolute atomic E-state index is 0.0323. The minimum Gasteiger partial charge on any atom is -0.481 e. The molecule has 0 aromatic heterocycles. The third-order valence-electron chi connectivity index (χ3n) is 3.04. The number of nitrogens with zero attached hydrogens (tertiary/aromatic N) is 2. The summed E-state index contributed by atoms with van der Waals surface area (Å²) in [5.41, 5.74) is 4.30. The summed E-state index contributed by atoms with van der Waals surface area (Å²) in [6, 6.07) is 2.99. The van der Waals surface area contributed by atoms with Gasteiger partial charge in [0.05, 0.1) is 21.8 Å². The van der Waals surface area contributed by atoms with Crippen molar-refractivity contribution in [2.24, 2.45) is 5.73 Å². The van der Waals surface area contributed by atoms with E-state index >= 15 is 0 Å². The number of carboxylic acid groups (broad SMARTS) is 1. The Morgan fingerprint density at radius 3 is 2.38 bits per heavy atom. The summed E-state index contributed by atoms with van der Waals surface area (Å²) in [6.07, 6.45) is 1.29. The van der Waals surface area contributed by atoms with Crippen LogP contribution in [0.3, 0.4) is 0 Å². The van der Waals surface area contributed by atoms with Crippen LogP contribution < -0.4 is 5.73 Å². The van der Waals surface area contributed by atoms with Crippen LogP contribution in [0, 0.1) is 20.2 Å². The smallest absolute Gasteiger partial charge is 0.311 e. The van der Waals surface area contributed by atoms with E-state index in [0.717, 1.165) is 18.2 Å².